The number of carbonyl (C=O) groups is 8. The number of hydrogen-bond acceptors (Lipinski definition) is 28. The molecule has 730 valence electrons. The van der Waals surface area contributed by atoms with Crippen LogP contribution in [0.3, 0.4) is 0 Å². The summed E-state index contributed by atoms with van der Waals surface area (Å²) in [5.41, 5.74) is 9.55. The Labute approximate surface area is 785 Å². The maximum atomic E-state index is 12.5. The number of rotatable bonds is 28. The zero-order valence-electron chi connectivity index (χ0n) is 79.4. The smallest absolute Gasteiger partial charge is 0.410 e. The number of nitrogens with zero attached hydrogens (tertiary/aromatic N) is 12. The molecule has 4 N–H and O–H groups in total. The number of carboxylic acid groups (broad SMARTS) is 4. The van der Waals surface area contributed by atoms with Crippen molar-refractivity contribution in [2.45, 2.75) is 329 Å². The summed E-state index contributed by atoms with van der Waals surface area (Å²) in [4.78, 5) is 120. The summed E-state index contributed by atoms with van der Waals surface area (Å²) in [7, 11) is 7.14. The van der Waals surface area contributed by atoms with Crippen LogP contribution in [0.1, 0.15) is 268 Å². The molecule has 0 radical (unpaired) electrons. The highest BCUT2D eigenvalue weighted by atomic mass is 16.6. The molecule has 0 bridgehead atoms. The van der Waals surface area contributed by atoms with Crippen LogP contribution in [0.15, 0.2) is 72.8 Å². The number of pyridine rings is 4. The van der Waals surface area contributed by atoms with Gasteiger partial charge in [0.1, 0.15) is 78.0 Å². The van der Waals surface area contributed by atoms with Gasteiger partial charge in [0.2, 0.25) is 0 Å². The van der Waals surface area contributed by atoms with Crippen LogP contribution in [0.5, 0.6) is 23.0 Å². The number of ether oxygens (including phenoxy) is 8. The summed E-state index contributed by atoms with van der Waals surface area (Å²) < 4.78 is 68.5. The molecule has 36 heteroatoms. The fraction of sp³-hybridized carbons (Fsp3) is 0.596. The number of carboxylic acids is 4. The third-order valence-corrected chi connectivity index (χ3v) is 27.8. The molecule has 36 nitrogen and oxygen atoms in total. The van der Waals surface area contributed by atoms with Crippen molar-refractivity contribution in [1.82, 2.24) is 60.2 Å². The number of carbonyl (C=O) groups excluding carboxylic acids is 4. The van der Waals surface area contributed by atoms with E-state index in [2.05, 4.69) is 40.6 Å². The second kappa shape index (κ2) is 47.2. The molecule has 8 fully saturated rings. The van der Waals surface area contributed by atoms with Crippen molar-refractivity contribution in [2.24, 2.45) is 23.7 Å². The van der Waals surface area contributed by atoms with Crippen molar-refractivity contribution < 1.29 is 115 Å². The van der Waals surface area contributed by atoms with Crippen LogP contribution in [-0.2, 0) is 64.6 Å². The van der Waals surface area contributed by atoms with Gasteiger partial charge in [0, 0.05) is 52.4 Å². The molecule has 16 rings (SSSR count). The van der Waals surface area contributed by atoms with Crippen LogP contribution in [0.25, 0.3) is 45.8 Å². The Morgan fingerprint density at radius 3 is 0.896 bits per heavy atom. The predicted octanol–water partition coefficient (Wildman–Crippen LogP) is 19.2. The summed E-state index contributed by atoms with van der Waals surface area (Å²) in [6.45, 7) is 13.0. The van der Waals surface area contributed by atoms with Gasteiger partial charge in [-0.15, -0.1) is 0 Å². The van der Waals surface area contributed by atoms with Crippen molar-refractivity contribution >= 4 is 48.3 Å². The van der Waals surface area contributed by atoms with E-state index in [0.29, 0.717) is 182 Å². The Bertz CT molecular complexity index is 4960. The predicted molar refractivity (Wildman–Crippen MR) is 489 cm³/mol. The molecule has 135 heavy (non-hydrogen) atoms. The zero-order valence-corrected chi connectivity index (χ0v) is 79.4. The Morgan fingerprint density at radius 2 is 0.600 bits per heavy atom. The molecule has 8 aromatic heterocycles. The second-order valence-electron chi connectivity index (χ2n) is 37.2. The minimum absolute atomic E-state index is 0.0538. The normalized spacial score (nSPS) is 20.9. The first-order chi connectivity index (χ1) is 64.9. The highest BCUT2D eigenvalue weighted by molar-refractivity contribution is 5.74. The highest BCUT2D eigenvalue weighted by Crippen LogP contribution is 2.40. The van der Waals surface area contributed by atoms with E-state index in [-0.39, 0.29) is 123 Å². The van der Waals surface area contributed by atoms with E-state index in [0.717, 1.165) is 154 Å². The lowest BCUT2D eigenvalue weighted by molar-refractivity contribution is -0.144. The van der Waals surface area contributed by atoms with E-state index in [1.807, 2.05) is 52.8 Å². The van der Waals surface area contributed by atoms with Crippen molar-refractivity contribution in [3.05, 3.63) is 117 Å². The maximum Gasteiger partial charge on any atom is 0.410 e. The van der Waals surface area contributed by atoms with E-state index in [1.165, 1.54) is 0 Å². The first-order valence-electron chi connectivity index (χ1n) is 47.8. The van der Waals surface area contributed by atoms with E-state index < -0.39 is 23.9 Å². The van der Waals surface area contributed by atoms with Gasteiger partial charge in [-0.3, -0.25) is 19.2 Å². The Kier molecular flexibility index (Phi) is 35.0. The van der Waals surface area contributed by atoms with Gasteiger partial charge >= 0.3 is 48.3 Å². The molecular formula is C99H130N12O24. The summed E-state index contributed by atoms with van der Waals surface area (Å²) in [5, 5.41) is 53.5. The molecule has 0 saturated heterocycles. The van der Waals surface area contributed by atoms with Crippen molar-refractivity contribution in [3.63, 3.8) is 0 Å². The van der Waals surface area contributed by atoms with Gasteiger partial charge in [0.15, 0.2) is 17.3 Å². The van der Waals surface area contributed by atoms with E-state index in [4.69, 9.17) is 56.0 Å². The fourth-order valence-corrected chi connectivity index (χ4v) is 19.4. The SMILES string of the molecule is Cc1nc(-c2noc(C)c2COC(=O)N(C)C2CCCC2)ccc1O[C@H]1CCC[C@H](C(=O)O)C1.Cc1nc(-c2onc(C)c2COC(=O)N(C)C2CCCC2)ccc1O[C@H]1CCC[C@H](C(=O)O)C1.Cc1nc(-c2onc(C)c2COC(=O)N(C)C2CCCC2)ccc1O[C@H]1CCC[C@H](C(=O)O)C1.Cc1noc(-c2ccc(O[C@H]3CCC[C@H](C(=O)O)C3)cn2)c1COC(=O)N(C)C1CCCC1. The monoisotopic (exact) mass is 1870 g/mol. The first kappa shape index (κ1) is 100. The number of aromatic nitrogens is 8. The number of hydrogen-bond donors (Lipinski definition) is 4. The molecule has 0 spiro atoms. The molecule has 8 aromatic rings. The van der Waals surface area contributed by atoms with Gasteiger partial charge in [-0.05, 0) is 251 Å². The lowest BCUT2D eigenvalue weighted by Gasteiger charge is -2.27. The Morgan fingerprint density at radius 1 is 0.319 bits per heavy atom. The van der Waals surface area contributed by atoms with Crippen LogP contribution in [0, 0.1) is 72.1 Å². The summed E-state index contributed by atoms with van der Waals surface area (Å²) >= 11 is 0. The van der Waals surface area contributed by atoms with Gasteiger partial charge < -0.3 is 96.0 Å². The number of amides is 4. The largest absolute Gasteiger partial charge is 0.489 e. The van der Waals surface area contributed by atoms with E-state index in [9.17, 15) is 58.8 Å². The number of aryl methyl sites for hydroxylation is 7. The van der Waals surface area contributed by atoms with Gasteiger partial charge in [-0.2, -0.15) is 0 Å². The molecule has 8 heterocycles. The minimum Gasteiger partial charge on any atom is -0.489 e. The van der Waals surface area contributed by atoms with Gasteiger partial charge in [0.05, 0.1) is 116 Å². The molecule has 4 amide bonds. The molecule has 8 atom stereocenters. The highest BCUT2D eigenvalue weighted by Gasteiger charge is 2.37. The molecule has 0 aliphatic heterocycles. The lowest BCUT2D eigenvalue weighted by atomic mass is 9.87. The minimum atomic E-state index is -0.764. The van der Waals surface area contributed by atoms with Crippen molar-refractivity contribution in [3.8, 4) is 68.7 Å². The van der Waals surface area contributed by atoms with Crippen LogP contribution < -0.4 is 18.9 Å². The number of aliphatic carboxylic acids is 4. The van der Waals surface area contributed by atoms with Gasteiger partial charge in [-0.1, -0.05) is 72.0 Å². The maximum absolute atomic E-state index is 12.5. The molecule has 0 unspecified atom stereocenters. The molecule has 8 saturated carbocycles. The third kappa shape index (κ3) is 26.4. The molecule has 0 aromatic carbocycles. The average molecular weight is 1870 g/mol. The summed E-state index contributed by atoms with van der Waals surface area (Å²) in [6, 6.07) is 15.4. The van der Waals surface area contributed by atoms with Crippen LogP contribution in [0.2, 0.25) is 0 Å². The summed E-state index contributed by atoms with van der Waals surface area (Å²) in [6.07, 6.45) is 28.3. The third-order valence-electron chi connectivity index (χ3n) is 27.8. The molecule has 8 aliphatic rings. The van der Waals surface area contributed by atoms with Crippen LogP contribution >= 0.6 is 0 Å². The summed E-state index contributed by atoms with van der Waals surface area (Å²) in [5.74, 6) is -0.0540. The standard InChI is InChI=1S/3C25H33N3O6.C24H31N3O6/c1-15-22(33-19-10-6-7-17(13-19)24(29)30)12-11-21(26-15)23-20(16(2)34-27-23)14-32-25(31)28(3)18-8-4-5-9-18;2*1-15-20(14-32-25(31)28(3)18-8-4-5-9-18)23(34-27-15)21-11-12-22(16(2)26-21)33-19-10-6-7-17(13-19)24(29)30;1-15-20(14-31-24(30)27(2)17-7-3-4-8-17)22(33-26-15)21-11-10-19(13-25-21)32-18-9-5-6-16(12-18)23(28)29/h3*11-12,17-19H,4-10,13-14H2,1-3H3,(H,29,30);10-11,13,16-18H,3-9,12,14H2,1-2H3,(H,28,29)/t3*17-,19-;16-,18-/m0000/s1. The van der Waals surface area contributed by atoms with Crippen molar-refractivity contribution in [1.29, 1.82) is 0 Å². The quantitative estimate of drug-likeness (QED) is 0.0331. The molecule has 8 aliphatic carbocycles. The lowest BCUT2D eigenvalue weighted by Crippen LogP contribution is -2.35. The fourth-order valence-electron chi connectivity index (χ4n) is 19.4. The zero-order chi connectivity index (χ0) is 96.1. The first-order valence-corrected chi connectivity index (χ1v) is 47.8. The molecular weight excluding hydrogens is 1740 g/mol. The van der Waals surface area contributed by atoms with Gasteiger partial charge in [-0.25, -0.2) is 39.1 Å². The second-order valence-corrected chi connectivity index (χ2v) is 37.2. The van der Waals surface area contributed by atoms with Gasteiger partial charge in [0.25, 0.3) is 0 Å². The average Bonchev–Trinajstić information content (AvgIpc) is 1.73. The van der Waals surface area contributed by atoms with E-state index in [1.54, 1.807) is 98.2 Å². The van der Waals surface area contributed by atoms with Crippen molar-refractivity contribution in [2.75, 3.05) is 28.2 Å². The Balaban J connectivity index is 0.000000152. The Hall–Kier alpha value is -12.4. The van der Waals surface area contributed by atoms with Crippen LogP contribution in [-0.4, -0.2) is 206 Å². The van der Waals surface area contributed by atoms with E-state index >= 15 is 0 Å². The van der Waals surface area contributed by atoms with Crippen LogP contribution in [0.4, 0.5) is 19.2 Å². The topological polar surface area (TPSA) is 460 Å².